The second-order valence-corrected chi connectivity index (χ2v) is 11.2. The summed E-state index contributed by atoms with van der Waals surface area (Å²) in [6, 6.07) is 0. The number of nitrogens with two attached hydrogens (primary N) is 2. The Balaban J connectivity index is 3.64. The summed E-state index contributed by atoms with van der Waals surface area (Å²) in [6.07, 6.45) is 7.45. The van der Waals surface area contributed by atoms with Gasteiger partial charge in [0, 0.05) is 13.1 Å². The molecule has 0 aromatic heterocycles. The van der Waals surface area contributed by atoms with Gasteiger partial charge in [-0.1, -0.05) is 38.5 Å². The van der Waals surface area contributed by atoms with Gasteiger partial charge in [0.15, 0.2) is 0 Å². The molecule has 0 atom stereocenters. The Labute approximate surface area is 301 Å². The molecule has 52 heavy (non-hydrogen) atoms. The summed E-state index contributed by atoms with van der Waals surface area (Å²) < 4.78 is 0. The van der Waals surface area contributed by atoms with Crippen LogP contribution in [0.15, 0.2) is 0 Å². The third-order valence-corrected chi connectivity index (χ3v) is 6.69. The molecule has 294 valence electrons. The van der Waals surface area contributed by atoms with E-state index >= 15 is 0 Å². The fourth-order valence-corrected chi connectivity index (χ4v) is 3.84. The van der Waals surface area contributed by atoms with Gasteiger partial charge in [-0.25, -0.2) is 0 Å². The maximum Gasteiger partial charge on any atom is 0.239 e. The molecule has 0 bridgehead atoms. The third-order valence-electron chi connectivity index (χ3n) is 6.69. The molecular weight excluding hydrogens is 688 g/mol. The van der Waals surface area contributed by atoms with Crippen LogP contribution in [0.5, 0.6) is 0 Å². The van der Waals surface area contributed by atoms with E-state index in [0.29, 0.717) is 13.1 Å². The molecule has 0 aromatic carbocycles. The zero-order valence-corrected chi connectivity index (χ0v) is 29.4. The van der Waals surface area contributed by atoms with Crippen molar-refractivity contribution >= 4 is 59.1 Å². The maximum absolute atomic E-state index is 11.9. The predicted octanol–water partition coefficient (Wildman–Crippen LogP) is -6.81. The van der Waals surface area contributed by atoms with Crippen molar-refractivity contribution < 1.29 is 47.9 Å². The van der Waals surface area contributed by atoms with Crippen LogP contribution >= 0.6 is 0 Å². The number of carbonyl (C=O) groups excluding carboxylic acids is 10. The minimum absolute atomic E-state index is 0.244. The van der Waals surface area contributed by atoms with Gasteiger partial charge < -0.3 is 64.6 Å². The van der Waals surface area contributed by atoms with Crippen molar-refractivity contribution in [1.82, 2.24) is 53.2 Å². The summed E-state index contributed by atoms with van der Waals surface area (Å²) in [7, 11) is 0. The Morgan fingerprint density at radius 2 is 0.423 bits per heavy atom. The van der Waals surface area contributed by atoms with Crippen molar-refractivity contribution in [3.05, 3.63) is 0 Å². The quantitative estimate of drug-likeness (QED) is 0.0318. The summed E-state index contributed by atoms with van der Waals surface area (Å²) in [5.41, 5.74) is 10.2. The number of unbranched alkanes of at least 4 members (excludes halogenated alkanes) is 7. The Hall–Kier alpha value is -5.38. The van der Waals surface area contributed by atoms with Crippen LogP contribution in [0.4, 0.5) is 0 Å². The molecule has 0 aromatic rings. The number of hydrogen-bond donors (Lipinski definition) is 12. The van der Waals surface area contributed by atoms with Gasteiger partial charge in [0.05, 0.1) is 65.4 Å². The Kier molecular flexibility index (Phi) is 27.3. The summed E-state index contributed by atoms with van der Waals surface area (Å²) in [4.78, 5) is 116. The molecule has 0 aliphatic rings. The molecule has 0 unspecified atom stereocenters. The van der Waals surface area contributed by atoms with Gasteiger partial charge in [-0.2, -0.15) is 0 Å². The monoisotopic (exact) mass is 742 g/mol. The average Bonchev–Trinajstić information content (AvgIpc) is 3.14. The molecule has 22 nitrogen and oxygen atoms in total. The normalized spacial score (nSPS) is 10.1. The fourth-order valence-electron chi connectivity index (χ4n) is 3.84. The van der Waals surface area contributed by atoms with E-state index in [4.69, 9.17) is 11.5 Å². The zero-order valence-electron chi connectivity index (χ0n) is 29.4. The van der Waals surface area contributed by atoms with E-state index in [1.54, 1.807) is 0 Å². The van der Waals surface area contributed by atoms with Crippen molar-refractivity contribution in [2.75, 3.05) is 78.5 Å². The second-order valence-electron chi connectivity index (χ2n) is 11.2. The zero-order chi connectivity index (χ0) is 39.0. The van der Waals surface area contributed by atoms with Gasteiger partial charge in [0.25, 0.3) is 0 Å². The third kappa shape index (κ3) is 29.5. The smallest absolute Gasteiger partial charge is 0.239 e. The summed E-state index contributed by atoms with van der Waals surface area (Å²) in [6.45, 7) is -2.30. The van der Waals surface area contributed by atoms with Crippen LogP contribution in [0.2, 0.25) is 0 Å². The standard InChI is InChI=1S/C30H54N12O10/c31-11-21(43)35-15-25(47)39-19-29(51)41-17-27(49)37-13-23(45)33-9-7-5-3-1-2-4-6-8-10-34-24(46)14-38-28(50)18-42-30(52)20-40-26(48)16-36-22(44)12-32/h1-20,31-32H2,(H,33,45)(H,34,46)(H,35,43)(H,36,44)(H,37,49)(H,38,50)(H,39,47)(H,40,48)(H,41,51)(H,42,52). The van der Waals surface area contributed by atoms with E-state index < -0.39 is 60.3 Å². The Morgan fingerprint density at radius 3 is 0.635 bits per heavy atom. The number of carbonyl (C=O) groups is 10. The van der Waals surface area contributed by atoms with Crippen LogP contribution in [0.25, 0.3) is 0 Å². The molecule has 0 aliphatic carbocycles. The van der Waals surface area contributed by atoms with Crippen LogP contribution in [0.1, 0.15) is 51.4 Å². The van der Waals surface area contributed by atoms with Crippen LogP contribution in [-0.4, -0.2) is 138 Å². The van der Waals surface area contributed by atoms with Gasteiger partial charge in [-0.15, -0.1) is 0 Å². The highest BCUT2D eigenvalue weighted by atomic mass is 16.2. The first kappa shape index (κ1) is 46.6. The Morgan fingerprint density at radius 1 is 0.250 bits per heavy atom. The number of amides is 10. The van der Waals surface area contributed by atoms with E-state index in [2.05, 4.69) is 53.2 Å². The molecule has 0 saturated carbocycles. The van der Waals surface area contributed by atoms with Crippen molar-refractivity contribution in [2.24, 2.45) is 11.5 Å². The SMILES string of the molecule is NCC(=O)NCC(=O)NCC(=O)NCC(=O)NCC(=O)NCCCCCCCCCCNC(=O)CNC(=O)CNC(=O)CNC(=O)CNC(=O)CN. The number of nitrogens with one attached hydrogen (secondary N) is 10. The minimum atomic E-state index is -0.622. The first-order valence-electron chi connectivity index (χ1n) is 16.9. The van der Waals surface area contributed by atoms with Gasteiger partial charge in [-0.3, -0.25) is 47.9 Å². The van der Waals surface area contributed by atoms with Crippen LogP contribution in [0.3, 0.4) is 0 Å². The average molecular weight is 743 g/mol. The lowest BCUT2D eigenvalue weighted by molar-refractivity contribution is -0.129. The highest BCUT2D eigenvalue weighted by Crippen LogP contribution is 2.08. The lowest BCUT2D eigenvalue weighted by Gasteiger charge is -2.09. The summed E-state index contributed by atoms with van der Waals surface area (Å²) in [5.74, 6) is -5.35. The maximum atomic E-state index is 11.9. The number of hydrogen-bond acceptors (Lipinski definition) is 12. The summed E-state index contributed by atoms with van der Waals surface area (Å²) >= 11 is 0. The van der Waals surface area contributed by atoms with Crippen molar-refractivity contribution in [3.8, 4) is 0 Å². The largest absolute Gasteiger partial charge is 0.355 e. The van der Waals surface area contributed by atoms with Gasteiger partial charge in [0.2, 0.25) is 59.1 Å². The van der Waals surface area contributed by atoms with Crippen molar-refractivity contribution in [2.45, 2.75) is 51.4 Å². The van der Waals surface area contributed by atoms with Crippen LogP contribution in [-0.2, 0) is 47.9 Å². The highest BCUT2D eigenvalue weighted by Gasteiger charge is 2.11. The van der Waals surface area contributed by atoms with Crippen LogP contribution in [0, 0.1) is 0 Å². The minimum Gasteiger partial charge on any atom is -0.355 e. The van der Waals surface area contributed by atoms with E-state index in [0.717, 1.165) is 51.4 Å². The molecule has 0 radical (unpaired) electrons. The molecular formula is C30H54N12O10. The van der Waals surface area contributed by atoms with Crippen LogP contribution < -0.4 is 64.6 Å². The molecule has 14 N–H and O–H groups in total. The number of rotatable bonds is 29. The first-order valence-corrected chi connectivity index (χ1v) is 16.9. The van der Waals surface area contributed by atoms with Gasteiger partial charge in [-0.05, 0) is 12.8 Å². The highest BCUT2D eigenvalue weighted by molar-refractivity contribution is 5.92. The molecule has 0 rings (SSSR count). The second kappa shape index (κ2) is 30.4. The molecule has 0 heterocycles. The first-order chi connectivity index (χ1) is 24.9. The van der Waals surface area contributed by atoms with Gasteiger partial charge in [0.1, 0.15) is 0 Å². The van der Waals surface area contributed by atoms with Crippen molar-refractivity contribution in [3.63, 3.8) is 0 Å². The molecule has 0 spiro atoms. The Bertz CT molecular complexity index is 1110. The van der Waals surface area contributed by atoms with Crippen molar-refractivity contribution in [1.29, 1.82) is 0 Å². The van der Waals surface area contributed by atoms with E-state index in [1.165, 1.54) is 0 Å². The lowest BCUT2D eigenvalue weighted by Crippen LogP contribution is -2.46. The molecule has 0 aliphatic heterocycles. The van der Waals surface area contributed by atoms with E-state index in [-0.39, 0.29) is 64.2 Å². The molecule has 0 fully saturated rings. The summed E-state index contributed by atoms with van der Waals surface area (Å²) in [5, 5.41) is 23.8. The van der Waals surface area contributed by atoms with E-state index in [1.807, 2.05) is 0 Å². The predicted molar refractivity (Wildman–Crippen MR) is 185 cm³/mol. The van der Waals surface area contributed by atoms with Gasteiger partial charge >= 0.3 is 0 Å². The topological polar surface area (TPSA) is 343 Å². The molecule has 0 saturated heterocycles. The molecule has 10 amide bonds. The lowest BCUT2D eigenvalue weighted by atomic mass is 10.1. The fraction of sp³-hybridized carbons (Fsp3) is 0.667. The van der Waals surface area contributed by atoms with E-state index in [9.17, 15) is 47.9 Å². The molecule has 22 heteroatoms.